The van der Waals surface area contributed by atoms with E-state index in [2.05, 4.69) is 15.4 Å². The zero-order valence-corrected chi connectivity index (χ0v) is 13.2. The normalized spacial score (nSPS) is 11.0. The van der Waals surface area contributed by atoms with Gasteiger partial charge in [0.05, 0.1) is 10.6 Å². The van der Waals surface area contributed by atoms with Crippen molar-refractivity contribution in [2.45, 2.75) is 13.5 Å². The maximum atomic E-state index is 13.6. The van der Waals surface area contributed by atoms with Crippen LogP contribution in [0.5, 0.6) is 0 Å². The van der Waals surface area contributed by atoms with E-state index in [4.69, 9.17) is 0 Å². The minimum Gasteiger partial charge on any atom is -0.357 e. The summed E-state index contributed by atoms with van der Waals surface area (Å²) >= 11 is 1.32. The molecule has 1 aromatic carbocycles. The fourth-order valence-corrected chi connectivity index (χ4v) is 3.07. The minimum absolute atomic E-state index is 0.190. The van der Waals surface area contributed by atoms with Gasteiger partial charge >= 0.3 is 0 Å². The molecule has 2 heterocycles. The Labute approximate surface area is 134 Å². The van der Waals surface area contributed by atoms with Crippen LogP contribution in [0.2, 0.25) is 0 Å². The summed E-state index contributed by atoms with van der Waals surface area (Å²) in [5, 5.41) is 7.63. The Morgan fingerprint density at radius 2 is 1.91 bits per heavy atom. The molecule has 8 heteroatoms. The minimum atomic E-state index is -1.18. The molecule has 3 rings (SSSR count). The Balaban J connectivity index is 1.81. The number of benzene rings is 1. The Hall–Kier alpha value is -2.35. The van der Waals surface area contributed by atoms with E-state index < -0.39 is 17.5 Å². The summed E-state index contributed by atoms with van der Waals surface area (Å²) < 4.78 is 42.1. The van der Waals surface area contributed by atoms with E-state index in [1.807, 2.05) is 26.2 Å². The van der Waals surface area contributed by atoms with E-state index in [9.17, 15) is 13.2 Å². The quantitative estimate of drug-likeness (QED) is 0.734. The van der Waals surface area contributed by atoms with E-state index in [0.29, 0.717) is 5.13 Å². The summed E-state index contributed by atoms with van der Waals surface area (Å²) in [7, 11) is 1.81. The standard InChI is InChI=1S/C15H13F3N4S/c1-8-14(12-5-6-22(2)21-12)23-15(20-8)19-7-9-10(16)3-4-11(17)13(9)18/h3-6H,7H2,1-2H3,(H,19,20). The average Bonchev–Trinajstić information content (AvgIpc) is 3.09. The van der Waals surface area contributed by atoms with Crippen LogP contribution in [0.4, 0.5) is 18.3 Å². The zero-order valence-electron chi connectivity index (χ0n) is 12.4. The summed E-state index contributed by atoms with van der Waals surface area (Å²) in [4.78, 5) is 5.18. The molecule has 0 saturated heterocycles. The molecule has 4 nitrogen and oxygen atoms in total. The molecule has 1 N–H and O–H groups in total. The number of anilines is 1. The topological polar surface area (TPSA) is 42.7 Å². The van der Waals surface area contributed by atoms with Crippen LogP contribution in [0.3, 0.4) is 0 Å². The number of nitrogens with zero attached hydrogens (tertiary/aromatic N) is 3. The molecule has 0 radical (unpaired) electrons. The molecule has 0 bridgehead atoms. The van der Waals surface area contributed by atoms with Gasteiger partial charge < -0.3 is 5.32 Å². The first-order chi connectivity index (χ1) is 11.0. The first kappa shape index (κ1) is 15.5. The van der Waals surface area contributed by atoms with Crippen molar-refractivity contribution >= 4 is 16.5 Å². The van der Waals surface area contributed by atoms with E-state index in [1.165, 1.54) is 11.3 Å². The zero-order chi connectivity index (χ0) is 16.6. The van der Waals surface area contributed by atoms with Crippen LogP contribution >= 0.6 is 11.3 Å². The molecule has 23 heavy (non-hydrogen) atoms. The van der Waals surface area contributed by atoms with Gasteiger partial charge in [0.15, 0.2) is 16.8 Å². The highest BCUT2D eigenvalue weighted by Gasteiger charge is 2.16. The van der Waals surface area contributed by atoms with Gasteiger partial charge in [-0.3, -0.25) is 4.68 Å². The van der Waals surface area contributed by atoms with Crippen molar-refractivity contribution in [1.29, 1.82) is 0 Å². The van der Waals surface area contributed by atoms with Crippen molar-refractivity contribution in [3.63, 3.8) is 0 Å². The summed E-state index contributed by atoms with van der Waals surface area (Å²) in [6.07, 6.45) is 1.82. The highest BCUT2D eigenvalue weighted by atomic mass is 32.1. The van der Waals surface area contributed by atoms with Crippen LogP contribution < -0.4 is 5.32 Å². The second kappa shape index (κ2) is 6.04. The molecule has 2 aromatic heterocycles. The Kier molecular flexibility index (Phi) is 4.08. The van der Waals surface area contributed by atoms with Crippen molar-refractivity contribution in [2.24, 2.45) is 7.05 Å². The van der Waals surface area contributed by atoms with Crippen molar-refractivity contribution in [3.8, 4) is 10.6 Å². The van der Waals surface area contributed by atoms with Crippen LogP contribution in [-0.2, 0) is 13.6 Å². The fourth-order valence-electron chi connectivity index (χ4n) is 2.14. The number of hydrogen-bond donors (Lipinski definition) is 1. The van der Waals surface area contributed by atoms with Crippen molar-refractivity contribution < 1.29 is 13.2 Å². The number of rotatable bonds is 4. The molecule has 0 aliphatic rings. The summed E-state index contributed by atoms with van der Waals surface area (Å²) in [6.45, 7) is 1.64. The van der Waals surface area contributed by atoms with Gasteiger partial charge in [-0.1, -0.05) is 11.3 Å². The molecule has 0 spiro atoms. The number of aryl methyl sites for hydroxylation is 2. The maximum Gasteiger partial charge on any atom is 0.183 e. The molecule has 0 saturated carbocycles. The summed E-state index contributed by atoms with van der Waals surface area (Å²) in [6, 6.07) is 3.53. The Morgan fingerprint density at radius 1 is 1.17 bits per heavy atom. The van der Waals surface area contributed by atoms with E-state index in [-0.39, 0.29) is 12.1 Å². The second-order valence-electron chi connectivity index (χ2n) is 4.98. The lowest BCUT2D eigenvalue weighted by Gasteiger charge is -2.06. The fraction of sp³-hybridized carbons (Fsp3) is 0.200. The van der Waals surface area contributed by atoms with E-state index >= 15 is 0 Å². The van der Waals surface area contributed by atoms with Gasteiger partial charge in [0.1, 0.15) is 11.5 Å². The van der Waals surface area contributed by atoms with Crippen LogP contribution in [-0.4, -0.2) is 14.8 Å². The lowest BCUT2D eigenvalue weighted by atomic mass is 10.2. The van der Waals surface area contributed by atoms with Gasteiger partial charge in [-0.2, -0.15) is 5.10 Å². The molecule has 3 aromatic rings. The average molecular weight is 338 g/mol. The van der Waals surface area contributed by atoms with Crippen molar-refractivity contribution in [2.75, 3.05) is 5.32 Å². The summed E-state index contributed by atoms with van der Waals surface area (Å²) in [5.74, 6) is -3.06. The summed E-state index contributed by atoms with van der Waals surface area (Å²) in [5.41, 5.74) is 1.19. The third-order valence-corrected chi connectivity index (χ3v) is 4.44. The van der Waals surface area contributed by atoms with Crippen molar-refractivity contribution in [3.05, 3.63) is 53.1 Å². The molecule has 0 aliphatic heterocycles. The first-order valence-corrected chi connectivity index (χ1v) is 7.61. The molecular weight excluding hydrogens is 325 g/mol. The highest BCUT2D eigenvalue weighted by Crippen LogP contribution is 2.32. The van der Waals surface area contributed by atoms with Crippen LogP contribution in [0, 0.1) is 24.4 Å². The van der Waals surface area contributed by atoms with Crippen LogP contribution in [0.25, 0.3) is 10.6 Å². The van der Waals surface area contributed by atoms with E-state index in [1.54, 1.807) is 4.68 Å². The van der Waals surface area contributed by atoms with Gasteiger partial charge in [0, 0.05) is 25.4 Å². The molecule has 0 aliphatic carbocycles. The predicted octanol–water partition coefficient (Wildman–Crippen LogP) is 3.88. The van der Waals surface area contributed by atoms with Gasteiger partial charge in [-0.15, -0.1) is 0 Å². The van der Waals surface area contributed by atoms with Gasteiger partial charge in [-0.25, -0.2) is 18.2 Å². The van der Waals surface area contributed by atoms with Gasteiger partial charge in [0.25, 0.3) is 0 Å². The van der Waals surface area contributed by atoms with E-state index in [0.717, 1.165) is 28.4 Å². The Morgan fingerprint density at radius 3 is 2.61 bits per heavy atom. The number of aromatic nitrogens is 3. The second-order valence-corrected chi connectivity index (χ2v) is 5.98. The Bertz CT molecular complexity index is 857. The maximum absolute atomic E-state index is 13.6. The lowest BCUT2D eigenvalue weighted by Crippen LogP contribution is -2.06. The number of hydrogen-bond acceptors (Lipinski definition) is 4. The largest absolute Gasteiger partial charge is 0.357 e. The number of thiazole rings is 1. The third kappa shape index (κ3) is 3.07. The molecular formula is C15H13F3N4S. The van der Waals surface area contributed by atoms with Crippen molar-refractivity contribution in [1.82, 2.24) is 14.8 Å². The number of nitrogens with one attached hydrogen (secondary N) is 1. The molecule has 0 fully saturated rings. The molecule has 0 atom stereocenters. The SMILES string of the molecule is Cc1nc(NCc2c(F)ccc(F)c2F)sc1-c1ccn(C)n1. The number of halogens is 3. The van der Waals surface area contributed by atoms with Crippen LogP contribution in [0.15, 0.2) is 24.4 Å². The van der Waals surface area contributed by atoms with Gasteiger partial charge in [0.2, 0.25) is 0 Å². The third-order valence-electron chi connectivity index (χ3n) is 3.30. The smallest absolute Gasteiger partial charge is 0.183 e. The molecule has 120 valence electrons. The molecule has 0 amide bonds. The first-order valence-electron chi connectivity index (χ1n) is 6.79. The lowest BCUT2D eigenvalue weighted by molar-refractivity contribution is 0.481. The predicted molar refractivity (Wildman–Crippen MR) is 82.7 cm³/mol. The van der Waals surface area contributed by atoms with Gasteiger partial charge in [-0.05, 0) is 25.1 Å². The monoisotopic (exact) mass is 338 g/mol. The molecule has 0 unspecified atom stereocenters. The highest BCUT2D eigenvalue weighted by molar-refractivity contribution is 7.19. The van der Waals surface area contributed by atoms with Crippen LogP contribution in [0.1, 0.15) is 11.3 Å².